The third kappa shape index (κ3) is 3.11. The molecule has 0 aromatic heterocycles. The second kappa shape index (κ2) is 5.83. The average molecular weight is 281 g/mol. The molecule has 7 heteroatoms. The van der Waals surface area contributed by atoms with Crippen molar-refractivity contribution in [3.63, 3.8) is 0 Å². The van der Waals surface area contributed by atoms with Crippen LogP contribution in [0.15, 0.2) is 40.0 Å². The maximum Gasteiger partial charge on any atom is 0.347 e. The van der Waals surface area contributed by atoms with Gasteiger partial charge in [0.1, 0.15) is 5.75 Å². The van der Waals surface area contributed by atoms with E-state index in [4.69, 9.17) is 4.74 Å². The van der Waals surface area contributed by atoms with Crippen molar-refractivity contribution in [2.24, 2.45) is 0 Å². The highest BCUT2D eigenvalue weighted by Gasteiger charge is 2.26. The number of ether oxygens (including phenoxy) is 1. The zero-order valence-electron chi connectivity index (χ0n) is 10.8. The van der Waals surface area contributed by atoms with Gasteiger partial charge in [0.25, 0.3) is 0 Å². The fourth-order valence-electron chi connectivity index (χ4n) is 1.76. The van der Waals surface area contributed by atoms with Crippen LogP contribution in [0.5, 0.6) is 5.75 Å². The van der Waals surface area contributed by atoms with Gasteiger partial charge in [0, 0.05) is 25.0 Å². The number of hydrogen-bond acceptors (Lipinski definition) is 6. The number of nitro groups is 1. The van der Waals surface area contributed by atoms with Crippen molar-refractivity contribution in [2.45, 2.75) is 4.90 Å². The fraction of sp³-hybridized carbons (Fsp3) is 0.333. The zero-order valence-corrected chi connectivity index (χ0v) is 11.6. The van der Waals surface area contributed by atoms with E-state index in [1.54, 1.807) is 19.2 Å². The minimum atomic E-state index is -0.348. The summed E-state index contributed by atoms with van der Waals surface area (Å²) in [6, 6.07) is 7.19. The van der Waals surface area contributed by atoms with Gasteiger partial charge < -0.3 is 15.0 Å². The number of nitrogens with zero attached hydrogens (tertiary/aromatic N) is 2. The Balaban J connectivity index is 2.24. The Labute approximate surface area is 115 Å². The van der Waals surface area contributed by atoms with Crippen LogP contribution in [0.2, 0.25) is 0 Å². The highest BCUT2D eigenvalue weighted by molar-refractivity contribution is 8.02. The van der Waals surface area contributed by atoms with E-state index in [2.05, 4.69) is 5.32 Å². The maximum atomic E-state index is 11.2. The number of rotatable bonds is 4. The van der Waals surface area contributed by atoms with Crippen LogP contribution in [0, 0.1) is 10.1 Å². The van der Waals surface area contributed by atoms with Crippen LogP contribution in [0.1, 0.15) is 0 Å². The molecule has 1 aromatic carbocycles. The van der Waals surface area contributed by atoms with Crippen LogP contribution in [0.25, 0.3) is 0 Å². The van der Waals surface area contributed by atoms with Gasteiger partial charge in [-0.3, -0.25) is 10.1 Å². The zero-order chi connectivity index (χ0) is 13.8. The molecule has 0 amide bonds. The van der Waals surface area contributed by atoms with E-state index in [0.717, 1.165) is 35.5 Å². The van der Waals surface area contributed by atoms with Crippen molar-refractivity contribution in [3.8, 4) is 5.75 Å². The van der Waals surface area contributed by atoms with E-state index in [-0.39, 0.29) is 9.95 Å². The number of likely N-dealkylation sites (N-methyl/N-ethyl adjacent to an activating group) is 1. The molecule has 6 nitrogen and oxygen atoms in total. The van der Waals surface area contributed by atoms with Gasteiger partial charge in [-0.1, -0.05) is 0 Å². The largest absolute Gasteiger partial charge is 0.497 e. The maximum absolute atomic E-state index is 11.2. The van der Waals surface area contributed by atoms with Crippen molar-refractivity contribution >= 4 is 11.8 Å². The highest BCUT2D eigenvalue weighted by atomic mass is 32.2. The molecule has 0 bridgehead atoms. The van der Waals surface area contributed by atoms with Crippen LogP contribution in [-0.2, 0) is 0 Å². The molecule has 1 aliphatic heterocycles. The molecule has 1 aliphatic rings. The Morgan fingerprint density at radius 1 is 1.47 bits per heavy atom. The summed E-state index contributed by atoms with van der Waals surface area (Å²) in [5.74, 6) is 1.31. The monoisotopic (exact) mass is 281 g/mol. The summed E-state index contributed by atoms with van der Waals surface area (Å²) >= 11 is 1.14. The summed E-state index contributed by atoms with van der Waals surface area (Å²) in [4.78, 5) is 13.5. The average Bonchev–Trinajstić information content (AvgIpc) is 2.82. The predicted octanol–water partition coefficient (Wildman–Crippen LogP) is 1.73. The smallest absolute Gasteiger partial charge is 0.347 e. The van der Waals surface area contributed by atoms with Crippen LogP contribution in [0.4, 0.5) is 0 Å². The Morgan fingerprint density at radius 3 is 2.63 bits per heavy atom. The van der Waals surface area contributed by atoms with Gasteiger partial charge in [0.15, 0.2) is 5.82 Å². The quantitative estimate of drug-likeness (QED) is 0.515. The first-order chi connectivity index (χ1) is 9.11. The Kier molecular flexibility index (Phi) is 4.16. The Bertz CT molecular complexity index is 501. The molecule has 1 heterocycles. The minimum absolute atomic E-state index is 0.116. The van der Waals surface area contributed by atoms with Gasteiger partial charge in [0.2, 0.25) is 0 Å². The summed E-state index contributed by atoms with van der Waals surface area (Å²) in [5, 5.41) is 14.4. The molecule has 0 saturated carbocycles. The Hall–Kier alpha value is -1.89. The van der Waals surface area contributed by atoms with Crippen molar-refractivity contribution in [3.05, 3.63) is 45.2 Å². The van der Waals surface area contributed by atoms with Gasteiger partial charge >= 0.3 is 5.03 Å². The first-order valence-electron chi connectivity index (χ1n) is 5.77. The van der Waals surface area contributed by atoms with E-state index in [9.17, 15) is 10.1 Å². The van der Waals surface area contributed by atoms with E-state index < -0.39 is 0 Å². The van der Waals surface area contributed by atoms with Gasteiger partial charge in [-0.2, -0.15) is 0 Å². The molecule has 0 radical (unpaired) electrons. The molecular formula is C12H15N3O3S. The number of hydrogen-bond donors (Lipinski definition) is 1. The lowest BCUT2D eigenvalue weighted by Crippen LogP contribution is -2.18. The molecule has 1 aromatic rings. The third-order valence-corrected chi connectivity index (χ3v) is 3.81. The van der Waals surface area contributed by atoms with E-state index in [1.165, 1.54) is 0 Å². The molecule has 0 atom stereocenters. The molecule has 19 heavy (non-hydrogen) atoms. The van der Waals surface area contributed by atoms with E-state index in [0.29, 0.717) is 5.82 Å². The summed E-state index contributed by atoms with van der Waals surface area (Å²) in [6.45, 7) is 1.50. The predicted molar refractivity (Wildman–Crippen MR) is 73.5 cm³/mol. The topological polar surface area (TPSA) is 67.6 Å². The molecular weight excluding hydrogens is 266 g/mol. The normalized spacial score (nSPS) is 17.1. The molecule has 0 unspecified atom stereocenters. The van der Waals surface area contributed by atoms with Crippen molar-refractivity contribution in [2.75, 3.05) is 27.2 Å². The molecule has 1 fully saturated rings. The fourth-order valence-corrected chi connectivity index (χ4v) is 2.65. The molecule has 2 rings (SSSR count). The second-order valence-corrected chi connectivity index (χ2v) is 5.10. The van der Waals surface area contributed by atoms with Gasteiger partial charge in [-0.05, 0) is 36.0 Å². The first-order valence-corrected chi connectivity index (χ1v) is 6.59. The SMILES string of the molecule is COc1ccc(SC(=C2NCCN2C)[N+](=O)[O-])cc1. The first kappa shape index (κ1) is 13.5. The lowest BCUT2D eigenvalue weighted by molar-refractivity contribution is -0.412. The molecule has 0 spiro atoms. The molecule has 1 N–H and O–H groups in total. The standard InChI is InChI=1S/C12H15N3O3S/c1-14-8-7-13-11(14)12(15(16)17)19-10-5-3-9(18-2)4-6-10/h3-6,13H,7-8H2,1-2H3. The van der Waals surface area contributed by atoms with Gasteiger partial charge in [-0.25, -0.2) is 0 Å². The van der Waals surface area contributed by atoms with Crippen LogP contribution in [0.3, 0.4) is 0 Å². The van der Waals surface area contributed by atoms with Crippen molar-refractivity contribution in [1.82, 2.24) is 10.2 Å². The van der Waals surface area contributed by atoms with Crippen LogP contribution >= 0.6 is 11.8 Å². The van der Waals surface area contributed by atoms with E-state index in [1.807, 2.05) is 24.1 Å². The molecule has 0 aliphatic carbocycles. The number of nitrogens with one attached hydrogen (secondary N) is 1. The van der Waals surface area contributed by atoms with Crippen molar-refractivity contribution < 1.29 is 9.66 Å². The summed E-state index contributed by atoms with van der Waals surface area (Å²) in [5.41, 5.74) is 0. The second-order valence-electron chi connectivity index (χ2n) is 4.04. The van der Waals surface area contributed by atoms with Gasteiger partial charge in [-0.15, -0.1) is 0 Å². The highest BCUT2D eigenvalue weighted by Crippen LogP contribution is 2.31. The molecule has 102 valence electrons. The summed E-state index contributed by atoms with van der Waals surface area (Å²) in [7, 11) is 3.43. The van der Waals surface area contributed by atoms with Crippen molar-refractivity contribution in [1.29, 1.82) is 0 Å². The lowest BCUT2D eigenvalue weighted by Gasteiger charge is -2.11. The molecule has 1 saturated heterocycles. The van der Waals surface area contributed by atoms with Gasteiger partial charge in [0.05, 0.1) is 12.0 Å². The van der Waals surface area contributed by atoms with E-state index >= 15 is 0 Å². The third-order valence-electron chi connectivity index (χ3n) is 2.76. The lowest BCUT2D eigenvalue weighted by atomic mass is 10.3. The summed E-state index contributed by atoms with van der Waals surface area (Å²) < 4.78 is 5.06. The number of methoxy groups -OCH3 is 1. The van der Waals surface area contributed by atoms with Crippen LogP contribution in [-0.4, -0.2) is 37.1 Å². The minimum Gasteiger partial charge on any atom is -0.497 e. The number of thioether (sulfide) groups is 1. The summed E-state index contributed by atoms with van der Waals surface area (Å²) in [6.07, 6.45) is 0. The number of benzene rings is 1. The Morgan fingerprint density at radius 2 is 2.16 bits per heavy atom. The van der Waals surface area contributed by atoms with Crippen LogP contribution < -0.4 is 10.1 Å².